The van der Waals surface area contributed by atoms with Gasteiger partial charge in [-0.05, 0) is 42.0 Å². The smallest absolute Gasteiger partial charge is 0.287 e. The molecule has 2 nitrogen and oxygen atoms in total. The Morgan fingerprint density at radius 1 is 1.14 bits per heavy atom. The molecule has 2 heterocycles. The van der Waals surface area contributed by atoms with Crippen molar-refractivity contribution in [3.63, 3.8) is 0 Å². The summed E-state index contributed by atoms with van der Waals surface area (Å²) in [5.74, 6) is 0.469. The highest BCUT2D eigenvalue weighted by atomic mass is 35.5. The van der Waals surface area contributed by atoms with Crippen LogP contribution in [0.5, 0.6) is 0 Å². The van der Waals surface area contributed by atoms with Gasteiger partial charge in [0.05, 0.1) is 22.3 Å². The number of nitrogens with zero attached hydrogens (tertiary/aromatic N) is 2. The quantitative estimate of drug-likeness (QED) is 0.552. The number of thioether (sulfide) groups is 1. The van der Waals surface area contributed by atoms with Crippen LogP contribution in [0.25, 0.3) is 16.7 Å². The molecule has 22 heavy (non-hydrogen) atoms. The molecule has 4 rings (SSSR count). The number of imidazole rings is 1. The Morgan fingerprint density at radius 2 is 1.95 bits per heavy atom. The van der Waals surface area contributed by atoms with Crippen molar-refractivity contribution in [1.29, 1.82) is 0 Å². The summed E-state index contributed by atoms with van der Waals surface area (Å²) in [6.07, 6.45) is -4.33. The average molecular weight is 341 g/mol. The third kappa shape index (κ3) is 2.09. The van der Waals surface area contributed by atoms with Crippen LogP contribution in [-0.4, -0.2) is 9.55 Å². The summed E-state index contributed by atoms with van der Waals surface area (Å²) in [5, 5.41) is 1.34. The molecule has 1 aliphatic rings. The zero-order valence-electron chi connectivity index (χ0n) is 11.0. The molecular formula is C15H8ClF3N2S. The van der Waals surface area contributed by atoms with Gasteiger partial charge in [0.15, 0.2) is 5.16 Å². The molecule has 112 valence electrons. The van der Waals surface area contributed by atoms with E-state index in [2.05, 4.69) is 4.98 Å². The summed E-state index contributed by atoms with van der Waals surface area (Å²) in [6.45, 7) is 0. The predicted octanol–water partition coefficient (Wildman–Crippen LogP) is 5.30. The normalized spacial score (nSPS) is 14.0. The van der Waals surface area contributed by atoms with Crippen LogP contribution in [0.4, 0.5) is 13.2 Å². The number of rotatable bonds is 0. The van der Waals surface area contributed by atoms with Crippen molar-refractivity contribution in [3.8, 4) is 5.69 Å². The Bertz CT molecular complexity index is 902. The fraction of sp³-hybridized carbons (Fsp3) is 0.133. The number of fused-ring (bicyclic) bond motifs is 5. The summed E-state index contributed by atoms with van der Waals surface area (Å²) in [5.41, 5.74) is 2.33. The zero-order chi connectivity index (χ0) is 15.5. The van der Waals surface area contributed by atoms with Crippen molar-refractivity contribution >= 4 is 34.4 Å². The van der Waals surface area contributed by atoms with Crippen molar-refractivity contribution in [2.45, 2.75) is 17.1 Å². The number of halogens is 4. The fourth-order valence-corrected chi connectivity index (χ4v) is 3.76. The van der Waals surface area contributed by atoms with Gasteiger partial charge in [-0.2, -0.15) is 13.2 Å². The van der Waals surface area contributed by atoms with E-state index in [1.54, 1.807) is 12.1 Å². The van der Waals surface area contributed by atoms with Gasteiger partial charge >= 0.3 is 6.18 Å². The molecule has 0 N–H and O–H groups in total. The van der Waals surface area contributed by atoms with Crippen molar-refractivity contribution in [2.75, 3.05) is 0 Å². The lowest BCUT2D eigenvalue weighted by Crippen LogP contribution is -2.10. The van der Waals surface area contributed by atoms with Gasteiger partial charge in [0, 0.05) is 10.8 Å². The molecule has 0 fully saturated rings. The van der Waals surface area contributed by atoms with Crippen LogP contribution in [-0.2, 0) is 11.9 Å². The standard InChI is InChI=1S/C15H8ClF3N2S/c16-10-2-3-11-13(6-10)21-12-4-1-9(15(17,18)19)5-8(12)7-22-14(21)20-11/h1-6H,7H2. The largest absolute Gasteiger partial charge is 0.416 e. The van der Waals surface area contributed by atoms with Gasteiger partial charge in [-0.3, -0.25) is 4.57 Å². The number of aromatic nitrogens is 2. The van der Waals surface area contributed by atoms with Gasteiger partial charge < -0.3 is 0 Å². The van der Waals surface area contributed by atoms with E-state index in [1.165, 1.54) is 23.9 Å². The van der Waals surface area contributed by atoms with Crippen molar-refractivity contribution in [3.05, 3.63) is 52.5 Å². The molecule has 0 unspecified atom stereocenters. The van der Waals surface area contributed by atoms with E-state index in [-0.39, 0.29) is 0 Å². The van der Waals surface area contributed by atoms with Gasteiger partial charge in [-0.1, -0.05) is 23.4 Å². The first-order valence-corrected chi connectivity index (χ1v) is 7.81. The lowest BCUT2D eigenvalue weighted by Gasteiger charge is -2.20. The minimum Gasteiger partial charge on any atom is -0.287 e. The fourth-order valence-electron chi connectivity index (χ4n) is 2.59. The highest BCUT2D eigenvalue weighted by Crippen LogP contribution is 2.40. The van der Waals surface area contributed by atoms with Crippen molar-refractivity contribution in [2.24, 2.45) is 0 Å². The summed E-state index contributed by atoms with van der Waals surface area (Å²) < 4.78 is 40.4. The number of hydrogen-bond donors (Lipinski definition) is 0. The first kappa shape index (κ1) is 14.0. The molecule has 0 saturated carbocycles. The minimum absolute atomic E-state index is 0.469. The molecule has 1 aromatic heterocycles. The van der Waals surface area contributed by atoms with Crippen LogP contribution in [0.2, 0.25) is 5.02 Å². The van der Waals surface area contributed by atoms with E-state index >= 15 is 0 Å². The van der Waals surface area contributed by atoms with E-state index in [9.17, 15) is 13.2 Å². The van der Waals surface area contributed by atoms with Crippen LogP contribution >= 0.6 is 23.4 Å². The molecule has 0 saturated heterocycles. The van der Waals surface area contributed by atoms with E-state index in [0.29, 0.717) is 16.3 Å². The van der Waals surface area contributed by atoms with E-state index < -0.39 is 11.7 Å². The predicted molar refractivity (Wildman–Crippen MR) is 80.6 cm³/mol. The Balaban J connectivity index is 1.97. The van der Waals surface area contributed by atoms with Crippen molar-refractivity contribution < 1.29 is 13.2 Å². The zero-order valence-corrected chi connectivity index (χ0v) is 12.6. The van der Waals surface area contributed by atoms with Crippen LogP contribution in [0.3, 0.4) is 0 Å². The molecule has 2 aromatic carbocycles. The van der Waals surface area contributed by atoms with Gasteiger partial charge in [-0.15, -0.1) is 0 Å². The SMILES string of the molecule is FC(F)(F)c1ccc2c(c1)CSc1nc3ccc(Cl)cc3n1-2. The number of hydrogen-bond acceptors (Lipinski definition) is 2. The second-order valence-corrected chi connectivity index (χ2v) is 6.37. The third-order valence-electron chi connectivity index (χ3n) is 3.59. The molecule has 0 amide bonds. The molecule has 1 aliphatic heterocycles. The minimum atomic E-state index is -4.33. The molecule has 0 radical (unpaired) electrons. The second kappa shape index (κ2) is 4.67. The first-order chi connectivity index (χ1) is 10.4. The van der Waals surface area contributed by atoms with Gasteiger partial charge in [0.2, 0.25) is 0 Å². The number of alkyl halides is 3. The maximum atomic E-state index is 12.9. The molecular weight excluding hydrogens is 333 g/mol. The second-order valence-electron chi connectivity index (χ2n) is 4.99. The lowest BCUT2D eigenvalue weighted by atomic mass is 10.1. The van der Waals surface area contributed by atoms with Crippen molar-refractivity contribution in [1.82, 2.24) is 9.55 Å². The molecule has 0 aliphatic carbocycles. The lowest BCUT2D eigenvalue weighted by molar-refractivity contribution is -0.137. The van der Waals surface area contributed by atoms with Gasteiger partial charge in [0.25, 0.3) is 0 Å². The highest BCUT2D eigenvalue weighted by Gasteiger charge is 2.32. The third-order valence-corrected chi connectivity index (χ3v) is 4.81. The molecule has 7 heteroatoms. The first-order valence-electron chi connectivity index (χ1n) is 6.45. The summed E-state index contributed by atoms with van der Waals surface area (Å²) in [7, 11) is 0. The van der Waals surface area contributed by atoms with Crippen LogP contribution in [0, 0.1) is 0 Å². The molecule has 0 bridgehead atoms. The topological polar surface area (TPSA) is 17.8 Å². The maximum absolute atomic E-state index is 12.9. The van der Waals surface area contributed by atoms with Gasteiger partial charge in [0.1, 0.15) is 0 Å². The van der Waals surface area contributed by atoms with Crippen LogP contribution < -0.4 is 0 Å². The van der Waals surface area contributed by atoms with E-state index in [4.69, 9.17) is 11.6 Å². The number of benzene rings is 2. The van der Waals surface area contributed by atoms with Crippen LogP contribution in [0.1, 0.15) is 11.1 Å². The van der Waals surface area contributed by atoms with E-state index in [1.807, 2.05) is 10.6 Å². The average Bonchev–Trinajstić information content (AvgIpc) is 2.83. The Labute approximate surface area is 132 Å². The monoisotopic (exact) mass is 340 g/mol. The molecule has 3 aromatic rings. The summed E-state index contributed by atoms with van der Waals surface area (Å²) >= 11 is 7.46. The maximum Gasteiger partial charge on any atom is 0.416 e. The summed E-state index contributed by atoms with van der Waals surface area (Å²) in [6, 6.07) is 9.16. The molecule has 0 spiro atoms. The Morgan fingerprint density at radius 3 is 2.73 bits per heavy atom. The highest BCUT2D eigenvalue weighted by molar-refractivity contribution is 7.98. The summed E-state index contributed by atoms with van der Waals surface area (Å²) in [4.78, 5) is 4.51. The van der Waals surface area contributed by atoms with E-state index in [0.717, 1.165) is 27.9 Å². The van der Waals surface area contributed by atoms with Crippen LogP contribution in [0.15, 0.2) is 41.6 Å². The van der Waals surface area contributed by atoms with Gasteiger partial charge in [-0.25, -0.2) is 4.98 Å². The Hall–Kier alpha value is -1.66. The molecule has 0 atom stereocenters. The Kier molecular flexibility index (Phi) is 2.96.